The van der Waals surface area contributed by atoms with Crippen molar-refractivity contribution in [1.82, 2.24) is 15.5 Å². The largest absolute Gasteiger partial charge is 0.340 e. The summed E-state index contributed by atoms with van der Waals surface area (Å²) in [5, 5.41) is 7.38. The Morgan fingerprint density at radius 2 is 2.20 bits per heavy atom. The van der Waals surface area contributed by atoms with E-state index in [0.717, 1.165) is 24.2 Å². The van der Waals surface area contributed by atoms with Gasteiger partial charge < -0.3 is 9.84 Å². The zero-order valence-corrected chi connectivity index (χ0v) is 9.66. The molecule has 1 aromatic rings. The Hall–Kier alpha value is -0.900. The van der Waals surface area contributed by atoms with E-state index in [1.54, 1.807) is 0 Å². The molecule has 84 valence electrons. The zero-order chi connectivity index (χ0) is 10.8. The van der Waals surface area contributed by atoms with E-state index in [1.165, 1.54) is 12.8 Å². The Bertz CT molecular complexity index is 323. The maximum atomic E-state index is 4.93. The van der Waals surface area contributed by atoms with Gasteiger partial charge in [-0.05, 0) is 24.7 Å². The zero-order valence-electron chi connectivity index (χ0n) is 9.66. The molecule has 1 fully saturated rings. The van der Waals surface area contributed by atoms with Crippen LogP contribution in [0.4, 0.5) is 0 Å². The Morgan fingerprint density at radius 1 is 1.40 bits per heavy atom. The third-order valence-corrected chi connectivity index (χ3v) is 3.56. The number of aryl methyl sites for hydroxylation is 1. The molecule has 0 amide bonds. The molecule has 0 spiro atoms. The number of hydrogen-bond donors (Lipinski definition) is 1. The van der Waals surface area contributed by atoms with Crippen molar-refractivity contribution in [2.24, 2.45) is 11.8 Å². The third kappa shape index (κ3) is 2.37. The Labute approximate surface area is 90.4 Å². The summed E-state index contributed by atoms with van der Waals surface area (Å²) in [6.45, 7) is 7.18. The number of nitrogens with one attached hydrogen (secondary N) is 1. The Balaban J connectivity index is 1.83. The molecule has 1 saturated carbocycles. The normalized spacial score (nSPS) is 31.0. The first-order valence-corrected chi connectivity index (χ1v) is 5.69. The first-order chi connectivity index (χ1) is 7.16. The second-order valence-corrected chi connectivity index (χ2v) is 4.63. The molecular weight excluding hydrogens is 190 g/mol. The lowest BCUT2D eigenvalue weighted by atomic mass is 9.98. The monoisotopic (exact) mass is 209 g/mol. The first-order valence-electron chi connectivity index (χ1n) is 5.69. The van der Waals surface area contributed by atoms with Crippen LogP contribution in [0.25, 0.3) is 0 Å². The van der Waals surface area contributed by atoms with E-state index in [-0.39, 0.29) is 0 Å². The molecule has 0 bridgehead atoms. The average Bonchev–Trinajstić information content (AvgIpc) is 2.74. The standard InChI is InChI=1S/C11H19N3O/c1-7-4-5-10(8(7)2)12-6-11-13-9(3)15-14-11/h7-8,10,12H,4-6H2,1-3H3. The maximum absolute atomic E-state index is 4.93. The molecule has 1 aromatic heterocycles. The highest BCUT2D eigenvalue weighted by atomic mass is 16.5. The lowest BCUT2D eigenvalue weighted by molar-refractivity contribution is 0.357. The second-order valence-electron chi connectivity index (χ2n) is 4.63. The van der Waals surface area contributed by atoms with Crippen LogP contribution >= 0.6 is 0 Å². The van der Waals surface area contributed by atoms with Gasteiger partial charge in [0.15, 0.2) is 5.82 Å². The fourth-order valence-corrected chi connectivity index (χ4v) is 2.29. The SMILES string of the molecule is Cc1nc(CNC2CCC(C)C2C)no1. The lowest BCUT2D eigenvalue weighted by Crippen LogP contribution is -2.32. The van der Waals surface area contributed by atoms with E-state index in [2.05, 4.69) is 29.3 Å². The number of nitrogens with zero attached hydrogens (tertiary/aromatic N) is 2. The van der Waals surface area contributed by atoms with Gasteiger partial charge in [0.05, 0.1) is 6.54 Å². The number of aromatic nitrogens is 2. The highest BCUT2D eigenvalue weighted by molar-refractivity contribution is 4.88. The molecule has 3 atom stereocenters. The van der Waals surface area contributed by atoms with Gasteiger partial charge in [-0.25, -0.2) is 0 Å². The average molecular weight is 209 g/mol. The van der Waals surface area contributed by atoms with Gasteiger partial charge in [-0.15, -0.1) is 0 Å². The van der Waals surface area contributed by atoms with Crippen molar-refractivity contribution in [1.29, 1.82) is 0 Å². The minimum absolute atomic E-state index is 0.610. The van der Waals surface area contributed by atoms with Crippen molar-refractivity contribution in [3.05, 3.63) is 11.7 Å². The Morgan fingerprint density at radius 3 is 2.73 bits per heavy atom. The van der Waals surface area contributed by atoms with Gasteiger partial charge in [0, 0.05) is 13.0 Å². The molecule has 0 saturated heterocycles. The smallest absolute Gasteiger partial charge is 0.223 e. The lowest BCUT2D eigenvalue weighted by Gasteiger charge is -2.18. The van der Waals surface area contributed by atoms with E-state index < -0.39 is 0 Å². The van der Waals surface area contributed by atoms with Crippen LogP contribution in [-0.2, 0) is 6.54 Å². The predicted octanol–water partition coefficient (Wildman–Crippen LogP) is 1.90. The second kappa shape index (κ2) is 4.31. The van der Waals surface area contributed by atoms with E-state index in [9.17, 15) is 0 Å². The summed E-state index contributed by atoms with van der Waals surface area (Å²) >= 11 is 0. The van der Waals surface area contributed by atoms with Crippen molar-refractivity contribution in [2.75, 3.05) is 0 Å². The van der Waals surface area contributed by atoms with Crippen LogP contribution in [0.1, 0.15) is 38.4 Å². The highest BCUT2D eigenvalue weighted by Gasteiger charge is 2.29. The van der Waals surface area contributed by atoms with E-state index in [1.807, 2.05) is 6.92 Å². The van der Waals surface area contributed by atoms with Crippen LogP contribution < -0.4 is 5.32 Å². The molecule has 3 unspecified atom stereocenters. The van der Waals surface area contributed by atoms with Gasteiger partial charge in [0.2, 0.25) is 5.89 Å². The molecule has 1 N–H and O–H groups in total. The van der Waals surface area contributed by atoms with E-state index in [4.69, 9.17) is 4.52 Å². The summed E-state index contributed by atoms with van der Waals surface area (Å²) in [7, 11) is 0. The summed E-state index contributed by atoms with van der Waals surface area (Å²) in [6, 6.07) is 0.610. The summed E-state index contributed by atoms with van der Waals surface area (Å²) in [4.78, 5) is 4.18. The molecule has 0 aromatic carbocycles. The Kier molecular flexibility index (Phi) is 3.05. The van der Waals surface area contributed by atoms with Crippen molar-refractivity contribution >= 4 is 0 Å². The van der Waals surface area contributed by atoms with Crippen molar-refractivity contribution in [3.8, 4) is 0 Å². The summed E-state index contributed by atoms with van der Waals surface area (Å²) < 4.78 is 4.93. The molecule has 4 nitrogen and oxygen atoms in total. The first kappa shape index (κ1) is 10.6. The molecule has 0 radical (unpaired) electrons. The molecular formula is C11H19N3O. The van der Waals surface area contributed by atoms with Crippen LogP contribution in [0.5, 0.6) is 0 Å². The van der Waals surface area contributed by atoms with Gasteiger partial charge >= 0.3 is 0 Å². The van der Waals surface area contributed by atoms with Gasteiger partial charge in [0.25, 0.3) is 0 Å². The molecule has 0 aliphatic heterocycles. The number of rotatable bonds is 3. The fraction of sp³-hybridized carbons (Fsp3) is 0.818. The fourth-order valence-electron chi connectivity index (χ4n) is 2.29. The van der Waals surface area contributed by atoms with E-state index in [0.29, 0.717) is 11.9 Å². The van der Waals surface area contributed by atoms with Crippen LogP contribution in [0, 0.1) is 18.8 Å². The van der Waals surface area contributed by atoms with Gasteiger partial charge in [0.1, 0.15) is 0 Å². The van der Waals surface area contributed by atoms with Gasteiger partial charge in [-0.1, -0.05) is 19.0 Å². The quantitative estimate of drug-likeness (QED) is 0.826. The maximum Gasteiger partial charge on any atom is 0.223 e. The number of hydrogen-bond acceptors (Lipinski definition) is 4. The van der Waals surface area contributed by atoms with E-state index >= 15 is 0 Å². The molecule has 1 aliphatic rings. The van der Waals surface area contributed by atoms with Crippen molar-refractivity contribution in [2.45, 2.75) is 46.2 Å². The van der Waals surface area contributed by atoms with Crippen LogP contribution in [0.15, 0.2) is 4.52 Å². The molecule has 1 aliphatic carbocycles. The predicted molar refractivity (Wildman–Crippen MR) is 57.2 cm³/mol. The summed E-state index contributed by atoms with van der Waals surface area (Å²) in [5.74, 6) is 2.98. The summed E-state index contributed by atoms with van der Waals surface area (Å²) in [5.41, 5.74) is 0. The molecule has 1 heterocycles. The summed E-state index contributed by atoms with van der Waals surface area (Å²) in [6.07, 6.45) is 2.59. The minimum Gasteiger partial charge on any atom is -0.340 e. The van der Waals surface area contributed by atoms with Crippen molar-refractivity contribution < 1.29 is 4.52 Å². The van der Waals surface area contributed by atoms with Crippen LogP contribution in [0.3, 0.4) is 0 Å². The van der Waals surface area contributed by atoms with Crippen molar-refractivity contribution in [3.63, 3.8) is 0 Å². The van der Waals surface area contributed by atoms with Gasteiger partial charge in [-0.2, -0.15) is 4.98 Å². The minimum atomic E-state index is 0.610. The molecule has 4 heteroatoms. The van der Waals surface area contributed by atoms with Gasteiger partial charge in [-0.3, -0.25) is 0 Å². The highest BCUT2D eigenvalue weighted by Crippen LogP contribution is 2.31. The topological polar surface area (TPSA) is 51.0 Å². The van der Waals surface area contributed by atoms with Crippen LogP contribution in [-0.4, -0.2) is 16.2 Å². The molecule has 15 heavy (non-hydrogen) atoms. The third-order valence-electron chi connectivity index (χ3n) is 3.56. The molecule has 2 rings (SSSR count). The van der Waals surface area contributed by atoms with Crippen LogP contribution in [0.2, 0.25) is 0 Å².